The maximum Gasteiger partial charge on any atom is 0.335 e. The molecule has 25 heavy (non-hydrogen) atoms. The molecule has 3 aromatic rings. The zero-order valence-electron chi connectivity index (χ0n) is 13.2. The lowest BCUT2D eigenvalue weighted by molar-refractivity contribution is 0.0686. The van der Waals surface area contributed by atoms with Gasteiger partial charge in [0, 0.05) is 3.57 Å². The summed E-state index contributed by atoms with van der Waals surface area (Å²) in [6, 6.07) is 26.8. The third-order valence-electron chi connectivity index (χ3n) is 2.77. The Bertz CT molecular complexity index is 710. The van der Waals surface area contributed by atoms with Crippen LogP contribution in [0.5, 0.6) is 0 Å². The van der Waals surface area contributed by atoms with Crippen LogP contribution in [0.4, 0.5) is 0 Å². The van der Waals surface area contributed by atoms with Crippen molar-refractivity contribution in [2.75, 3.05) is 0 Å². The van der Waals surface area contributed by atoms with Crippen molar-refractivity contribution >= 4 is 34.5 Å². The molecule has 0 aromatic heterocycles. The van der Waals surface area contributed by atoms with Crippen molar-refractivity contribution in [3.05, 3.63) is 106 Å². The Morgan fingerprint density at radius 1 is 0.560 bits per heavy atom. The normalized spacial score (nSPS) is 8.84. The molecule has 5 heteroatoms. The third kappa shape index (κ3) is 9.26. The SMILES string of the molecule is Ic1ccccc1.O=C(O)c1ccccc1.O=C(O)c1ccccc1. The molecule has 4 nitrogen and oxygen atoms in total. The number of rotatable bonds is 2. The molecule has 0 unspecified atom stereocenters. The van der Waals surface area contributed by atoms with Crippen molar-refractivity contribution in [1.82, 2.24) is 0 Å². The second kappa shape index (κ2) is 11.8. The lowest BCUT2D eigenvalue weighted by Gasteiger charge is -1.88. The Labute approximate surface area is 159 Å². The minimum atomic E-state index is -0.879. The molecule has 0 spiro atoms. The first-order valence-corrected chi connectivity index (χ1v) is 8.36. The van der Waals surface area contributed by atoms with Gasteiger partial charge in [-0.15, -0.1) is 0 Å². The van der Waals surface area contributed by atoms with Gasteiger partial charge < -0.3 is 10.2 Å². The number of hydrogen-bond donors (Lipinski definition) is 2. The summed E-state index contributed by atoms with van der Waals surface area (Å²) in [5.41, 5.74) is 0.662. The first-order valence-electron chi connectivity index (χ1n) is 7.28. The molecule has 3 aromatic carbocycles. The Morgan fingerprint density at radius 2 is 0.840 bits per heavy atom. The van der Waals surface area contributed by atoms with Crippen molar-refractivity contribution in [1.29, 1.82) is 0 Å². The third-order valence-corrected chi connectivity index (χ3v) is 3.49. The van der Waals surface area contributed by atoms with Gasteiger partial charge in [-0.1, -0.05) is 54.6 Å². The van der Waals surface area contributed by atoms with Crippen LogP contribution in [-0.2, 0) is 0 Å². The van der Waals surface area contributed by atoms with Gasteiger partial charge in [0.25, 0.3) is 0 Å². The highest BCUT2D eigenvalue weighted by Crippen LogP contribution is 2.00. The van der Waals surface area contributed by atoms with Gasteiger partial charge in [-0.25, -0.2) is 9.59 Å². The van der Waals surface area contributed by atoms with Crippen molar-refractivity contribution < 1.29 is 19.8 Å². The summed E-state index contributed by atoms with van der Waals surface area (Å²) in [4.78, 5) is 20.4. The van der Waals surface area contributed by atoms with Gasteiger partial charge in [-0.05, 0) is 59.0 Å². The minimum Gasteiger partial charge on any atom is -0.478 e. The molecule has 3 rings (SSSR count). The number of carboxylic acid groups (broad SMARTS) is 2. The molecule has 2 N–H and O–H groups in total. The summed E-state index contributed by atoms with van der Waals surface area (Å²) in [7, 11) is 0. The van der Waals surface area contributed by atoms with Gasteiger partial charge in [0.1, 0.15) is 0 Å². The maximum atomic E-state index is 10.2. The summed E-state index contributed by atoms with van der Waals surface area (Å²) in [6.45, 7) is 0. The first-order chi connectivity index (χ1) is 12.0. The van der Waals surface area contributed by atoms with E-state index < -0.39 is 11.9 Å². The second-order valence-electron chi connectivity index (χ2n) is 4.64. The molecule has 0 fully saturated rings. The molecule has 0 radical (unpaired) electrons. The van der Waals surface area contributed by atoms with Crippen LogP contribution in [0.2, 0.25) is 0 Å². The largest absolute Gasteiger partial charge is 0.478 e. The maximum absolute atomic E-state index is 10.2. The second-order valence-corrected chi connectivity index (χ2v) is 5.88. The molecular weight excluding hydrogens is 431 g/mol. The summed E-state index contributed by atoms with van der Waals surface area (Å²) in [6.07, 6.45) is 0. The lowest BCUT2D eigenvalue weighted by Crippen LogP contribution is -1.93. The molecule has 0 aliphatic heterocycles. The van der Waals surface area contributed by atoms with Crippen LogP contribution in [0.15, 0.2) is 91.0 Å². The quantitative estimate of drug-likeness (QED) is 0.538. The standard InChI is InChI=1S/2C7H6O2.C6H5I/c2*8-7(9)6-4-2-1-3-5-6;7-6-4-2-1-3-5-6/h2*1-5H,(H,8,9);1-5H. The monoisotopic (exact) mass is 448 g/mol. The predicted octanol–water partition coefficient (Wildman–Crippen LogP) is 5.06. The topological polar surface area (TPSA) is 74.6 Å². The molecule has 0 amide bonds. The molecule has 0 aliphatic carbocycles. The summed E-state index contributed by atoms with van der Waals surface area (Å²) in [5, 5.41) is 16.8. The molecular formula is C20H17IO4. The van der Waals surface area contributed by atoms with Crippen molar-refractivity contribution in [3.63, 3.8) is 0 Å². The van der Waals surface area contributed by atoms with Gasteiger partial charge in [-0.2, -0.15) is 0 Å². The van der Waals surface area contributed by atoms with E-state index in [0.717, 1.165) is 0 Å². The highest BCUT2D eigenvalue weighted by molar-refractivity contribution is 14.1. The smallest absolute Gasteiger partial charge is 0.335 e. The van der Waals surface area contributed by atoms with Gasteiger partial charge >= 0.3 is 11.9 Å². The number of carboxylic acids is 2. The van der Waals surface area contributed by atoms with Crippen LogP contribution in [-0.4, -0.2) is 22.2 Å². The highest BCUT2D eigenvalue weighted by Gasteiger charge is 1.97. The van der Waals surface area contributed by atoms with Gasteiger partial charge in [0.15, 0.2) is 0 Å². The number of hydrogen-bond acceptors (Lipinski definition) is 2. The molecule has 0 atom stereocenters. The van der Waals surface area contributed by atoms with Gasteiger partial charge in [-0.3, -0.25) is 0 Å². The van der Waals surface area contributed by atoms with Crippen LogP contribution in [0.3, 0.4) is 0 Å². The molecule has 128 valence electrons. The van der Waals surface area contributed by atoms with E-state index in [0.29, 0.717) is 11.1 Å². The first kappa shape index (κ1) is 20.4. The predicted molar refractivity (Wildman–Crippen MR) is 106 cm³/mol. The van der Waals surface area contributed by atoms with Crippen molar-refractivity contribution in [3.8, 4) is 0 Å². The van der Waals surface area contributed by atoms with Crippen molar-refractivity contribution in [2.45, 2.75) is 0 Å². The van der Waals surface area contributed by atoms with E-state index in [9.17, 15) is 9.59 Å². The van der Waals surface area contributed by atoms with E-state index >= 15 is 0 Å². The lowest BCUT2D eigenvalue weighted by atomic mass is 10.2. The van der Waals surface area contributed by atoms with Gasteiger partial charge in [0.05, 0.1) is 11.1 Å². The van der Waals surface area contributed by atoms with Crippen LogP contribution in [0.1, 0.15) is 20.7 Å². The van der Waals surface area contributed by atoms with E-state index in [1.807, 2.05) is 18.2 Å². The summed E-state index contributed by atoms with van der Waals surface area (Å²) in [5.74, 6) is -1.76. The van der Waals surface area contributed by atoms with Crippen molar-refractivity contribution in [2.24, 2.45) is 0 Å². The zero-order valence-corrected chi connectivity index (χ0v) is 15.4. The number of carbonyl (C=O) groups is 2. The fraction of sp³-hybridized carbons (Fsp3) is 0. The Kier molecular flexibility index (Phi) is 9.62. The van der Waals surface area contributed by atoms with Crippen LogP contribution >= 0.6 is 22.6 Å². The minimum absolute atomic E-state index is 0.331. The van der Waals surface area contributed by atoms with E-state index in [1.165, 1.54) is 3.57 Å². The van der Waals surface area contributed by atoms with Crippen LogP contribution in [0.25, 0.3) is 0 Å². The molecule has 0 saturated carbocycles. The summed E-state index contributed by atoms with van der Waals surface area (Å²) < 4.78 is 1.29. The van der Waals surface area contributed by atoms with E-state index in [1.54, 1.807) is 60.7 Å². The molecule has 0 saturated heterocycles. The summed E-state index contributed by atoms with van der Waals surface area (Å²) >= 11 is 2.28. The Hall–Kier alpha value is -2.67. The fourth-order valence-electron chi connectivity index (χ4n) is 1.58. The Morgan fingerprint density at radius 3 is 1.00 bits per heavy atom. The Balaban J connectivity index is 0.000000189. The molecule has 0 heterocycles. The zero-order chi connectivity index (χ0) is 18.5. The average Bonchev–Trinajstić information content (AvgIpc) is 2.65. The molecule has 0 bridgehead atoms. The van der Waals surface area contributed by atoms with Crippen LogP contribution in [0, 0.1) is 3.57 Å². The van der Waals surface area contributed by atoms with Gasteiger partial charge in [0.2, 0.25) is 0 Å². The number of aromatic carboxylic acids is 2. The number of halogens is 1. The van der Waals surface area contributed by atoms with E-state index in [2.05, 4.69) is 34.7 Å². The molecule has 0 aliphatic rings. The van der Waals surface area contributed by atoms with E-state index in [-0.39, 0.29) is 0 Å². The van der Waals surface area contributed by atoms with Crippen LogP contribution < -0.4 is 0 Å². The average molecular weight is 448 g/mol. The fourth-order valence-corrected chi connectivity index (χ4v) is 1.99. The highest BCUT2D eigenvalue weighted by atomic mass is 127. The van der Waals surface area contributed by atoms with E-state index in [4.69, 9.17) is 10.2 Å². The number of benzene rings is 3.